The summed E-state index contributed by atoms with van der Waals surface area (Å²) < 4.78 is 2.67. The Bertz CT molecular complexity index is 1750. The molecule has 2 aliphatic heterocycles. The number of likely N-dealkylation sites (tertiary alicyclic amines) is 1. The second kappa shape index (κ2) is 10.3. The summed E-state index contributed by atoms with van der Waals surface area (Å²) in [6.07, 6.45) is 5.97. The number of amides is 2. The quantitative estimate of drug-likeness (QED) is 0.107. The molecule has 0 unspecified atom stereocenters. The maximum atomic E-state index is 14.0. The van der Waals surface area contributed by atoms with Crippen LogP contribution in [0.15, 0.2) is 47.5 Å². The number of halogens is 2. The van der Waals surface area contributed by atoms with Crippen LogP contribution in [0, 0.1) is 20.8 Å². The number of nitrogens with one attached hydrogen (secondary N) is 1. The van der Waals surface area contributed by atoms with Crippen molar-refractivity contribution in [2.45, 2.75) is 61.1 Å². The molecule has 9 nitrogen and oxygen atoms in total. The Morgan fingerprint density at radius 1 is 1.10 bits per heavy atom. The molecule has 0 radical (unpaired) electrons. The van der Waals surface area contributed by atoms with Crippen LogP contribution in [0.5, 0.6) is 0 Å². The number of aromatic nitrogens is 4. The maximum absolute atomic E-state index is 14.0. The first-order valence-corrected chi connectivity index (χ1v) is 16.4. The van der Waals surface area contributed by atoms with Gasteiger partial charge in [0, 0.05) is 0 Å². The van der Waals surface area contributed by atoms with Gasteiger partial charge in [0.15, 0.2) is 0 Å². The standard InChI is InChI=1S/C30H29BrIN6O3/c1-15-6-7-24(31)35-27(15)36-28(41)23-10-30(5)29(32-30)38(23)25(40)14-37-13-22(17(3)39)21-9-19(8-16(2)26(21)37)20-11-33-18(4)34-12-20/h6-9,11-13,23,29H,10,14H2,1-5H3,(H,35,36,41)/q-1/t23-,29-,30+/m0/s1. The number of Topliss-reactive ketones (excluding diaryl/α,β-unsaturated/α-hetero) is 1. The van der Waals surface area contributed by atoms with Crippen molar-refractivity contribution in [3.63, 3.8) is 0 Å². The number of hydrogen-bond acceptors (Lipinski definition) is 6. The van der Waals surface area contributed by atoms with Gasteiger partial charge in [0.2, 0.25) is 0 Å². The first kappa shape index (κ1) is 28.0. The van der Waals surface area contributed by atoms with Crippen LogP contribution in [0.3, 0.4) is 0 Å². The summed E-state index contributed by atoms with van der Waals surface area (Å²) in [7, 11) is 0. The van der Waals surface area contributed by atoms with Gasteiger partial charge in [-0.05, 0) is 6.92 Å². The number of carbonyl (C=O) groups is 3. The predicted octanol–water partition coefficient (Wildman–Crippen LogP) is 1.81. The van der Waals surface area contributed by atoms with Crippen LogP contribution >= 0.6 is 15.9 Å². The van der Waals surface area contributed by atoms with Crippen LogP contribution in [0.2, 0.25) is 0 Å². The van der Waals surface area contributed by atoms with E-state index in [1.54, 1.807) is 18.6 Å². The number of benzene rings is 1. The summed E-state index contributed by atoms with van der Waals surface area (Å²) in [4.78, 5) is 55.0. The summed E-state index contributed by atoms with van der Waals surface area (Å²) in [5, 5.41) is 3.75. The van der Waals surface area contributed by atoms with Crippen LogP contribution in [-0.4, -0.2) is 55.5 Å². The van der Waals surface area contributed by atoms with Crippen LogP contribution < -0.4 is 26.5 Å². The van der Waals surface area contributed by atoms with E-state index in [4.69, 9.17) is 0 Å². The Kier molecular flexibility index (Phi) is 7.00. The Hall–Kier alpha value is -3.19. The van der Waals surface area contributed by atoms with Crippen molar-refractivity contribution in [3.8, 4) is 11.1 Å². The number of ketones is 1. The minimum atomic E-state index is -0.561. The number of alkyl halides is 2. The second-order valence-electron chi connectivity index (χ2n) is 11.0. The Balaban J connectivity index is 1.32. The molecule has 41 heavy (non-hydrogen) atoms. The van der Waals surface area contributed by atoms with Crippen molar-refractivity contribution in [3.05, 3.63) is 70.0 Å². The zero-order valence-corrected chi connectivity index (χ0v) is 27.1. The van der Waals surface area contributed by atoms with E-state index in [0.29, 0.717) is 28.2 Å². The Morgan fingerprint density at radius 2 is 1.83 bits per heavy atom. The first-order valence-electron chi connectivity index (χ1n) is 13.3. The number of carbonyl (C=O) groups excluding carboxylic acids is 3. The van der Waals surface area contributed by atoms with Gasteiger partial charge in [-0.15, -0.1) is 0 Å². The van der Waals surface area contributed by atoms with E-state index in [9.17, 15) is 14.4 Å². The van der Waals surface area contributed by atoms with Crippen molar-refractivity contribution in [1.29, 1.82) is 0 Å². The van der Waals surface area contributed by atoms with Gasteiger partial charge in [-0.25, -0.2) is 0 Å². The van der Waals surface area contributed by atoms with Crippen LogP contribution in [0.1, 0.15) is 47.6 Å². The van der Waals surface area contributed by atoms with Gasteiger partial charge in [0.1, 0.15) is 5.82 Å². The molecule has 3 aromatic heterocycles. The number of hydrogen-bond donors (Lipinski definition) is 1. The molecule has 2 saturated heterocycles. The molecule has 2 amide bonds. The third-order valence-corrected chi connectivity index (χ3v) is 12.6. The van der Waals surface area contributed by atoms with Gasteiger partial charge >= 0.3 is 245 Å². The molecule has 11 heteroatoms. The molecule has 0 bridgehead atoms. The fourth-order valence-corrected chi connectivity index (χ4v) is 9.37. The van der Waals surface area contributed by atoms with E-state index in [-0.39, 0.29) is 52.8 Å². The Labute approximate surface area is 256 Å². The SMILES string of the molecule is CC(=O)c1cn(CC(=O)N2[C@H](C(=O)Nc3nc(Br)ccc3C)C[C@@]3(C)[I-][C@@H]23)c2c(C)cc(-c3cnc(C)nc3)cc12. The van der Waals surface area contributed by atoms with Crippen molar-refractivity contribution < 1.29 is 35.6 Å². The van der Waals surface area contributed by atoms with Crippen LogP contribution in [0.25, 0.3) is 22.0 Å². The first-order chi connectivity index (χ1) is 19.4. The third kappa shape index (κ3) is 5.07. The molecule has 0 aliphatic carbocycles. The number of pyridine rings is 1. The number of aryl methyl sites for hydroxylation is 3. The van der Waals surface area contributed by atoms with Gasteiger partial charge in [-0.2, -0.15) is 0 Å². The van der Waals surface area contributed by atoms with E-state index in [0.717, 1.165) is 33.2 Å². The zero-order chi connectivity index (χ0) is 29.2. The van der Waals surface area contributed by atoms with Crippen LogP contribution in [0.4, 0.5) is 5.82 Å². The minimum absolute atomic E-state index is 0.0422. The van der Waals surface area contributed by atoms with E-state index >= 15 is 0 Å². The van der Waals surface area contributed by atoms with Gasteiger partial charge in [-0.1, -0.05) is 0 Å². The van der Waals surface area contributed by atoms with Gasteiger partial charge < -0.3 is 0 Å². The molecule has 6 rings (SSSR count). The summed E-state index contributed by atoms with van der Waals surface area (Å²) in [6.45, 7) is 9.47. The number of rotatable bonds is 6. The summed E-state index contributed by atoms with van der Waals surface area (Å²) in [5.41, 5.74) is 4.95. The second-order valence-corrected chi connectivity index (χ2v) is 16.0. The summed E-state index contributed by atoms with van der Waals surface area (Å²) >= 11 is 3.16. The summed E-state index contributed by atoms with van der Waals surface area (Å²) in [6, 6.07) is 7.15. The van der Waals surface area contributed by atoms with Crippen molar-refractivity contribution in [1.82, 2.24) is 24.4 Å². The number of fused-ring (bicyclic) bond motifs is 2. The normalized spacial score (nSPS) is 21.4. The molecule has 0 saturated carbocycles. The van der Waals surface area contributed by atoms with E-state index < -0.39 is 6.04 Å². The van der Waals surface area contributed by atoms with E-state index in [1.807, 2.05) is 54.5 Å². The molecule has 2 aliphatic rings. The van der Waals surface area contributed by atoms with Crippen molar-refractivity contribution in [2.24, 2.45) is 0 Å². The van der Waals surface area contributed by atoms with Crippen LogP contribution in [-0.2, 0) is 16.1 Å². The van der Waals surface area contributed by atoms with Gasteiger partial charge in [0.05, 0.1) is 0 Å². The van der Waals surface area contributed by atoms with Crippen molar-refractivity contribution >= 4 is 50.2 Å². The zero-order valence-electron chi connectivity index (χ0n) is 23.3. The van der Waals surface area contributed by atoms with Crippen molar-refractivity contribution in [2.75, 3.05) is 5.32 Å². The molecule has 3 atom stereocenters. The average molecular weight is 728 g/mol. The van der Waals surface area contributed by atoms with E-state index in [1.165, 1.54) is 6.92 Å². The van der Waals surface area contributed by atoms with Gasteiger partial charge in [0.25, 0.3) is 0 Å². The number of anilines is 1. The molecule has 212 valence electrons. The van der Waals surface area contributed by atoms with E-state index in [2.05, 4.69) is 43.1 Å². The third-order valence-electron chi connectivity index (χ3n) is 7.83. The topological polar surface area (TPSA) is 110 Å². The molecule has 2 fully saturated rings. The molecule has 5 heterocycles. The average Bonchev–Trinajstić information content (AvgIpc) is 3.27. The fraction of sp³-hybridized carbons (Fsp3) is 0.333. The molecular weight excluding hydrogens is 699 g/mol. The number of nitrogens with zero attached hydrogens (tertiary/aromatic N) is 5. The predicted molar refractivity (Wildman–Crippen MR) is 155 cm³/mol. The molecule has 0 spiro atoms. The Morgan fingerprint density at radius 3 is 2.54 bits per heavy atom. The molecule has 1 aromatic carbocycles. The van der Waals surface area contributed by atoms with Gasteiger partial charge in [-0.3, -0.25) is 0 Å². The molecular formula is C30H29BrIN6O3-. The molecule has 1 N–H and O–H groups in total. The molecule has 4 aromatic rings. The summed E-state index contributed by atoms with van der Waals surface area (Å²) in [5.74, 6) is 0.774. The monoisotopic (exact) mass is 727 g/mol. The fourth-order valence-electron chi connectivity index (χ4n) is 5.67.